The summed E-state index contributed by atoms with van der Waals surface area (Å²) >= 11 is 1.88. The maximum atomic E-state index is 12.6. The number of amides is 1. The Kier molecular flexibility index (Phi) is 6.51. The molecule has 2 rings (SSSR count). The van der Waals surface area contributed by atoms with Gasteiger partial charge in [0.1, 0.15) is 0 Å². The van der Waals surface area contributed by atoms with Gasteiger partial charge in [-0.05, 0) is 56.9 Å². The van der Waals surface area contributed by atoms with Gasteiger partial charge in [-0.3, -0.25) is 4.79 Å². The van der Waals surface area contributed by atoms with Crippen LogP contribution in [0.1, 0.15) is 45.4 Å². The van der Waals surface area contributed by atoms with Crippen molar-refractivity contribution in [1.82, 2.24) is 10.2 Å². The minimum absolute atomic E-state index is 0.247. The lowest BCUT2D eigenvalue weighted by Crippen LogP contribution is -2.45. The van der Waals surface area contributed by atoms with Gasteiger partial charge in [0.25, 0.3) is 0 Å². The second-order valence-electron chi connectivity index (χ2n) is 5.85. The molecule has 2 unspecified atom stereocenters. The van der Waals surface area contributed by atoms with Gasteiger partial charge in [0.15, 0.2) is 0 Å². The van der Waals surface area contributed by atoms with Crippen LogP contribution in [0.3, 0.4) is 0 Å². The van der Waals surface area contributed by atoms with Crippen molar-refractivity contribution in [2.75, 3.05) is 31.9 Å². The zero-order chi connectivity index (χ0) is 13.5. The summed E-state index contributed by atoms with van der Waals surface area (Å²) in [6, 6.07) is 0. The van der Waals surface area contributed by atoms with Crippen molar-refractivity contribution in [1.29, 1.82) is 0 Å². The number of carbonyl (C=O) groups is 1. The number of piperidine rings is 1. The fourth-order valence-corrected chi connectivity index (χ4v) is 4.37. The van der Waals surface area contributed by atoms with Crippen LogP contribution >= 0.6 is 11.8 Å². The molecular weight excluding hydrogens is 256 g/mol. The first-order chi connectivity index (χ1) is 9.31. The summed E-state index contributed by atoms with van der Waals surface area (Å²) in [7, 11) is 0. The molecular formula is C15H28N2OS. The summed E-state index contributed by atoms with van der Waals surface area (Å²) in [5.74, 6) is 2.25. The highest BCUT2D eigenvalue weighted by Gasteiger charge is 2.28. The van der Waals surface area contributed by atoms with Crippen molar-refractivity contribution >= 4 is 17.7 Å². The molecule has 2 saturated heterocycles. The Labute approximate surface area is 121 Å². The van der Waals surface area contributed by atoms with Gasteiger partial charge >= 0.3 is 0 Å². The molecule has 2 atom stereocenters. The second kappa shape index (κ2) is 8.15. The standard InChI is InChI=1S/C15H28N2OS/c1-2-9-17(12-13-6-5-8-16-11-13)15(18)14-7-3-4-10-19-14/h13-14,16H,2-12H2,1H3. The Morgan fingerprint density at radius 1 is 1.32 bits per heavy atom. The molecule has 2 heterocycles. The third kappa shape index (κ3) is 4.67. The van der Waals surface area contributed by atoms with Crippen molar-refractivity contribution in [2.45, 2.75) is 50.7 Å². The van der Waals surface area contributed by atoms with Crippen LogP contribution in [0.2, 0.25) is 0 Å². The van der Waals surface area contributed by atoms with Crippen LogP contribution in [0.4, 0.5) is 0 Å². The molecule has 2 aliphatic heterocycles. The summed E-state index contributed by atoms with van der Waals surface area (Å²) in [4.78, 5) is 14.8. The quantitative estimate of drug-likeness (QED) is 0.842. The molecule has 0 aromatic rings. The van der Waals surface area contributed by atoms with Crippen LogP contribution in [0.15, 0.2) is 0 Å². The molecule has 0 aromatic carbocycles. The van der Waals surface area contributed by atoms with Crippen LogP contribution in [-0.2, 0) is 4.79 Å². The molecule has 1 N–H and O–H groups in total. The summed E-state index contributed by atoms with van der Waals surface area (Å²) < 4.78 is 0. The second-order valence-corrected chi connectivity index (χ2v) is 7.16. The number of thioether (sulfide) groups is 1. The van der Waals surface area contributed by atoms with Gasteiger partial charge in [0, 0.05) is 13.1 Å². The highest BCUT2D eigenvalue weighted by molar-refractivity contribution is 8.00. The van der Waals surface area contributed by atoms with Crippen LogP contribution in [0, 0.1) is 5.92 Å². The first-order valence-electron chi connectivity index (χ1n) is 7.92. The van der Waals surface area contributed by atoms with E-state index in [1.807, 2.05) is 11.8 Å². The van der Waals surface area contributed by atoms with E-state index < -0.39 is 0 Å². The largest absolute Gasteiger partial charge is 0.341 e. The number of carbonyl (C=O) groups excluding carboxylic acids is 1. The van der Waals surface area contributed by atoms with Crippen molar-refractivity contribution in [2.24, 2.45) is 5.92 Å². The number of rotatable bonds is 5. The minimum atomic E-state index is 0.247. The van der Waals surface area contributed by atoms with Gasteiger partial charge in [-0.1, -0.05) is 13.3 Å². The van der Waals surface area contributed by atoms with E-state index in [1.165, 1.54) is 31.4 Å². The molecule has 0 aliphatic carbocycles. The predicted octanol–water partition coefficient (Wildman–Crippen LogP) is 2.51. The average molecular weight is 284 g/mol. The number of hydrogen-bond donors (Lipinski definition) is 1. The fourth-order valence-electron chi connectivity index (χ4n) is 3.09. The van der Waals surface area contributed by atoms with Crippen LogP contribution in [0.5, 0.6) is 0 Å². The number of nitrogens with one attached hydrogen (secondary N) is 1. The van der Waals surface area contributed by atoms with E-state index in [0.29, 0.717) is 11.8 Å². The first-order valence-corrected chi connectivity index (χ1v) is 8.97. The molecule has 0 saturated carbocycles. The monoisotopic (exact) mass is 284 g/mol. The van der Waals surface area contributed by atoms with E-state index in [-0.39, 0.29) is 5.25 Å². The van der Waals surface area contributed by atoms with E-state index >= 15 is 0 Å². The van der Waals surface area contributed by atoms with Gasteiger partial charge in [0.05, 0.1) is 5.25 Å². The van der Waals surface area contributed by atoms with Gasteiger partial charge in [-0.25, -0.2) is 0 Å². The third-order valence-electron chi connectivity index (χ3n) is 4.14. The normalized spacial score (nSPS) is 28.1. The molecule has 0 radical (unpaired) electrons. The Morgan fingerprint density at radius 2 is 2.21 bits per heavy atom. The SMILES string of the molecule is CCCN(CC1CCCNC1)C(=O)C1CCCCS1. The van der Waals surface area contributed by atoms with E-state index in [1.54, 1.807) is 0 Å². The van der Waals surface area contributed by atoms with Crippen LogP contribution in [0.25, 0.3) is 0 Å². The minimum Gasteiger partial charge on any atom is -0.341 e. The highest BCUT2D eigenvalue weighted by atomic mass is 32.2. The van der Waals surface area contributed by atoms with Gasteiger partial charge < -0.3 is 10.2 Å². The number of hydrogen-bond acceptors (Lipinski definition) is 3. The van der Waals surface area contributed by atoms with Crippen LogP contribution in [-0.4, -0.2) is 48.0 Å². The van der Waals surface area contributed by atoms with Crippen LogP contribution < -0.4 is 5.32 Å². The maximum absolute atomic E-state index is 12.6. The smallest absolute Gasteiger partial charge is 0.235 e. The van der Waals surface area contributed by atoms with Crippen molar-refractivity contribution < 1.29 is 4.79 Å². The molecule has 4 heteroatoms. The molecule has 110 valence electrons. The topological polar surface area (TPSA) is 32.3 Å². The molecule has 2 fully saturated rings. The van der Waals surface area contributed by atoms with E-state index in [4.69, 9.17) is 0 Å². The van der Waals surface area contributed by atoms with Crippen molar-refractivity contribution in [3.05, 3.63) is 0 Å². The Hall–Kier alpha value is -0.220. The fraction of sp³-hybridized carbons (Fsp3) is 0.933. The zero-order valence-corrected chi connectivity index (χ0v) is 13.0. The summed E-state index contributed by atoms with van der Waals surface area (Å²) in [5.41, 5.74) is 0. The molecule has 3 nitrogen and oxygen atoms in total. The summed E-state index contributed by atoms with van der Waals surface area (Å²) in [6.07, 6.45) is 7.22. The highest BCUT2D eigenvalue weighted by Crippen LogP contribution is 2.27. The molecule has 1 amide bonds. The van der Waals surface area contributed by atoms with E-state index in [2.05, 4.69) is 17.1 Å². The number of nitrogens with zero attached hydrogens (tertiary/aromatic N) is 1. The van der Waals surface area contributed by atoms with E-state index in [0.717, 1.165) is 39.0 Å². The van der Waals surface area contributed by atoms with Gasteiger partial charge in [-0.2, -0.15) is 0 Å². The first kappa shape index (κ1) is 15.2. The van der Waals surface area contributed by atoms with Gasteiger partial charge in [0.2, 0.25) is 5.91 Å². The predicted molar refractivity (Wildman–Crippen MR) is 82.6 cm³/mol. The Bertz CT molecular complexity index is 273. The lowest BCUT2D eigenvalue weighted by molar-refractivity contribution is -0.131. The molecule has 2 aliphatic rings. The van der Waals surface area contributed by atoms with Crippen molar-refractivity contribution in [3.8, 4) is 0 Å². The summed E-state index contributed by atoms with van der Waals surface area (Å²) in [5, 5.41) is 3.70. The van der Waals surface area contributed by atoms with Crippen molar-refractivity contribution in [3.63, 3.8) is 0 Å². The maximum Gasteiger partial charge on any atom is 0.235 e. The zero-order valence-electron chi connectivity index (χ0n) is 12.2. The third-order valence-corrected chi connectivity index (χ3v) is 5.50. The molecule has 19 heavy (non-hydrogen) atoms. The lowest BCUT2D eigenvalue weighted by Gasteiger charge is -2.33. The molecule has 0 bridgehead atoms. The molecule has 0 aromatic heterocycles. The van der Waals surface area contributed by atoms with E-state index in [9.17, 15) is 4.79 Å². The Morgan fingerprint density at radius 3 is 2.84 bits per heavy atom. The Balaban J connectivity index is 1.87. The lowest BCUT2D eigenvalue weighted by atomic mass is 9.98. The molecule has 0 spiro atoms. The summed E-state index contributed by atoms with van der Waals surface area (Å²) in [6.45, 7) is 6.32. The van der Waals surface area contributed by atoms with Gasteiger partial charge in [-0.15, -0.1) is 11.8 Å². The average Bonchev–Trinajstić information content (AvgIpc) is 2.48.